The lowest BCUT2D eigenvalue weighted by atomic mass is 9.91. The molecule has 1 aliphatic heterocycles. The lowest BCUT2D eigenvalue weighted by Crippen LogP contribution is -2.58. The minimum absolute atomic E-state index is 0.0988. The van der Waals surface area contributed by atoms with Gasteiger partial charge >= 0.3 is 12.1 Å². The highest BCUT2D eigenvalue weighted by Crippen LogP contribution is 2.44. The zero-order valence-electron chi connectivity index (χ0n) is 24.0. The second-order valence-corrected chi connectivity index (χ2v) is 11.0. The number of likely N-dealkylation sites (N-methyl/N-ethyl adjacent to an activating group) is 1. The first-order valence-corrected chi connectivity index (χ1v) is 14.2. The van der Waals surface area contributed by atoms with Crippen molar-refractivity contribution in [2.45, 2.75) is 36.9 Å². The summed E-state index contributed by atoms with van der Waals surface area (Å²) in [6, 6.07) is 25.2. The monoisotopic (exact) mass is 571 g/mol. The number of methoxy groups -OCH3 is 1. The lowest BCUT2D eigenvalue weighted by Gasteiger charge is -2.39. The number of benzene rings is 3. The van der Waals surface area contributed by atoms with Crippen molar-refractivity contribution in [3.05, 3.63) is 95.6 Å². The minimum Gasteiger partial charge on any atom is -0.479 e. The molecule has 3 aromatic rings. The highest BCUT2D eigenvalue weighted by molar-refractivity contribution is 5.87. The van der Waals surface area contributed by atoms with E-state index in [-0.39, 0.29) is 50.9 Å². The topological polar surface area (TPSA) is 108 Å². The van der Waals surface area contributed by atoms with Crippen LogP contribution in [0.2, 0.25) is 0 Å². The molecular weight excluding hydrogens is 534 g/mol. The van der Waals surface area contributed by atoms with Gasteiger partial charge in [0, 0.05) is 52.0 Å². The molecule has 5 rings (SSSR count). The van der Waals surface area contributed by atoms with Gasteiger partial charge in [-0.05, 0) is 34.9 Å². The van der Waals surface area contributed by atoms with Crippen molar-refractivity contribution in [1.82, 2.24) is 15.1 Å². The minimum atomic E-state index is -1.31. The number of carbonyl (C=O) groups is 3. The fraction of sp³-hybridized carbons (Fsp3) is 0.364. The molecule has 9 heteroatoms. The Morgan fingerprint density at radius 3 is 2.10 bits per heavy atom. The molecule has 0 radical (unpaired) electrons. The molecule has 2 N–H and O–H groups in total. The molecule has 3 aromatic carbocycles. The number of likely N-dealkylation sites (tertiary alicyclic amines) is 1. The summed E-state index contributed by atoms with van der Waals surface area (Å²) in [7, 11) is 3.27. The van der Waals surface area contributed by atoms with Crippen molar-refractivity contribution in [2.24, 2.45) is 0 Å². The first-order chi connectivity index (χ1) is 20.3. The van der Waals surface area contributed by atoms with E-state index in [1.165, 1.54) is 7.11 Å². The number of hydrogen-bond acceptors (Lipinski definition) is 6. The zero-order chi connectivity index (χ0) is 29.7. The lowest BCUT2D eigenvalue weighted by molar-refractivity contribution is -0.170. The van der Waals surface area contributed by atoms with Crippen LogP contribution in [0, 0.1) is 0 Å². The van der Waals surface area contributed by atoms with E-state index in [0.29, 0.717) is 6.54 Å². The van der Waals surface area contributed by atoms with Gasteiger partial charge in [0.05, 0.1) is 0 Å². The molecule has 42 heavy (non-hydrogen) atoms. The van der Waals surface area contributed by atoms with E-state index in [2.05, 4.69) is 29.6 Å². The fourth-order valence-corrected chi connectivity index (χ4v) is 6.05. The van der Waals surface area contributed by atoms with E-state index >= 15 is 0 Å². The summed E-state index contributed by atoms with van der Waals surface area (Å²) < 4.78 is 11.1. The zero-order valence-corrected chi connectivity index (χ0v) is 24.0. The Balaban J connectivity index is 1.27. The molecule has 1 heterocycles. The Hall–Kier alpha value is -4.21. The third-order valence-corrected chi connectivity index (χ3v) is 8.39. The SMILES string of the molecule is COC1(C(=O)O)CCN(C(=O)C(CN(C)Cc2ccccc2)NC(=O)OCC2c3ccccc3-c3ccccc32)CC1. The first-order valence-electron chi connectivity index (χ1n) is 14.2. The molecule has 1 fully saturated rings. The molecule has 0 bridgehead atoms. The maximum Gasteiger partial charge on any atom is 0.407 e. The van der Waals surface area contributed by atoms with Crippen molar-refractivity contribution < 1.29 is 29.0 Å². The summed E-state index contributed by atoms with van der Waals surface area (Å²) in [5.41, 5.74) is 4.26. The number of aliphatic carboxylic acids is 1. The number of alkyl carbamates (subject to hydrolysis) is 1. The second kappa shape index (κ2) is 12.8. The van der Waals surface area contributed by atoms with Gasteiger partial charge in [0.1, 0.15) is 12.6 Å². The molecule has 1 aliphatic carbocycles. The van der Waals surface area contributed by atoms with Crippen LogP contribution in [-0.2, 0) is 25.6 Å². The van der Waals surface area contributed by atoms with Crippen LogP contribution < -0.4 is 5.32 Å². The van der Waals surface area contributed by atoms with Crippen molar-refractivity contribution in [3.8, 4) is 11.1 Å². The summed E-state index contributed by atoms with van der Waals surface area (Å²) >= 11 is 0. The standard InChI is InChI=1S/C33H37N3O6/c1-35(20-23-10-4-3-5-11-23)21-29(30(37)36-18-16-33(41-2,17-19-36)31(38)39)34-32(40)42-22-28-26-14-8-6-12-24(26)25-13-7-9-15-27(25)28/h3-15,28-29H,16-22H2,1-2H3,(H,34,40)(H,38,39). The normalized spacial score (nSPS) is 16.4. The predicted molar refractivity (Wildman–Crippen MR) is 158 cm³/mol. The molecule has 0 spiro atoms. The van der Waals surface area contributed by atoms with Gasteiger partial charge in [0.2, 0.25) is 5.91 Å². The van der Waals surface area contributed by atoms with Crippen LogP contribution in [0.15, 0.2) is 78.9 Å². The molecule has 1 unspecified atom stereocenters. The Morgan fingerprint density at radius 2 is 1.52 bits per heavy atom. The van der Waals surface area contributed by atoms with Crippen molar-refractivity contribution in [2.75, 3.05) is 40.4 Å². The molecule has 0 saturated carbocycles. The van der Waals surface area contributed by atoms with Crippen molar-refractivity contribution in [1.29, 1.82) is 0 Å². The summed E-state index contributed by atoms with van der Waals surface area (Å²) in [5, 5.41) is 12.5. The van der Waals surface area contributed by atoms with Crippen LogP contribution in [-0.4, -0.2) is 84.9 Å². The smallest absolute Gasteiger partial charge is 0.407 e. The third kappa shape index (κ3) is 6.17. The Bertz CT molecular complexity index is 1370. The second-order valence-electron chi connectivity index (χ2n) is 11.0. The Kier molecular flexibility index (Phi) is 8.89. The highest BCUT2D eigenvalue weighted by Gasteiger charge is 2.43. The largest absolute Gasteiger partial charge is 0.479 e. The number of carboxylic acids is 1. The number of amides is 2. The van der Waals surface area contributed by atoms with Gasteiger partial charge in [-0.15, -0.1) is 0 Å². The van der Waals surface area contributed by atoms with E-state index in [9.17, 15) is 19.5 Å². The molecular formula is C33H37N3O6. The molecule has 2 amide bonds. The van der Waals surface area contributed by atoms with Gasteiger partial charge in [-0.3, -0.25) is 9.69 Å². The maximum atomic E-state index is 13.7. The summed E-state index contributed by atoms with van der Waals surface area (Å²) in [6.07, 6.45) is -0.332. The number of fused-ring (bicyclic) bond motifs is 3. The van der Waals surface area contributed by atoms with E-state index < -0.39 is 23.7 Å². The summed E-state index contributed by atoms with van der Waals surface area (Å²) in [5.74, 6) is -1.41. The van der Waals surface area contributed by atoms with E-state index in [4.69, 9.17) is 9.47 Å². The Labute approximate surface area is 246 Å². The van der Waals surface area contributed by atoms with E-state index in [1.54, 1.807) is 4.90 Å². The molecule has 2 aliphatic rings. The summed E-state index contributed by atoms with van der Waals surface area (Å²) in [4.78, 5) is 42.3. The molecule has 220 valence electrons. The number of rotatable bonds is 10. The van der Waals surface area contributed by atoms with Gasteiger partial charge in [-0.2, -0.15) is 0 Å². The van der Waals surface area contributed by atoms with Crippen LogP contribution in [0.25, 0.3) is 11.1 Å². The van der Waals surface area contributed by atoms with E-state index in [1.807, 2.05) is 66.5 Å². The van der Waals surface area contributed by atoms with Crippen LogP contribution >= 0.6 is 0 Å². The number of carboxylic acid groups (broad SMARTS) is 1. The number of nitrogens with zero attached hydrogens (tertiary/aromatic N) is 2. The van der Waals surface area contributed by atoms with Crippen molar-refractivity contribution in [3.63, 3.8) is 0 Å². The van der Waals surface area contributed by atoms with E-state index in [0.717, 1.165) is 27.8 Å². The highest BCUT2D eigenvalue weighted by atomic mass is 16.5. The van der Waals surface area contributed by atoms with Gasteiger partial charge in [-0.1, -0.05) is 78.9 Å². The quantitative estimate of drug-likeness (QED) is 0.377. The average molecular weight is 572 g/mol. The molecule has 1 saturated heterocycles. The average Bonchev–Trinajstić information content (AvgIpc) is 3.33. The van der Waals surface area contributed by atoms with Gasteiger partial charge < -0.3 is 24.8 Å². The number of nitrogens with one attached hydrogen (secondary N) is 1. The molecule has 9 nitrogen and oxygen atoms in total. The van der Waals surface area contributed by atoms with Gasteiger partial charge in [0.15, 0.2) is 5.60 Å². The number of carbonyl (C=O) groups excluding carboxylic acids is 2. The van der Waals surface area contributed by atoms with Gasteiger partial charge in [0.25, 0.3) is 0 Å². The molecule has 1 atom stereocenters. The van der Waals surface area contributed by atoms with Crippen molar-refractivity contribution >= 4 is 18.0 Å². The van der Waals surface area contributed by atoms with Gasteiger partial charge in [-0.25, -0.2) is 9.59 Å². The number of ether oxygens (including phenoxy) is 2. The fourth-order valence-electron chi connectivity index (χ4n) is 6.05. The first kappa shape index (κ1) is 29.3. The Morgan fingerprint density at radius 1 is 0.952 bits per heavy atom. The molecule has 0 aromatic heterocycles. The summed E-state index contributed by atoms with van der Waals surface area (Å²) in [6.45, 7) is 1.40. The van der Waals surface area contributed by atoms with Crippen LogP contribution in [0.3, 0.4) is 0 Å². The number of hydrogen-bond donors (Lipinski definition) is 2. The third-order valence-electron chi connectivity index (χ3n) is 8.39. The van der Waals surface area contributed by atoms with Crippen LogP contribution in [0.4, 0.5) is 4.79 Å². The van der Waals surface area contributed by atoms with Crippen LogP contribution in [0.1, 0.15) is 35.4 Å². The predicted octanol–water partition coefficient (Wildman–Crippen LogP) is 4.12. The maximum absolute atomic E-state index is 13.7. The number of piperidine rings is 1. The van der Waals surface area contributed by atoms with Crippen LogP contribution in [0.5, 0.6) is 0 Å².